The highest BCUT2D eigenvalue weighted by molar-refractivity contribution is 9.10. The van der Waals surface area contributed by atoms with Crippen LogP contribution in [-0.2, 0) is 4.74 Å². The van der Waals surface area contributed by atoms with Crippen molar-refractivity contribution in [1.29, 1.82) is 0 Å². The minimum atomic E-state index is 0.472. The number of nitrogens with one attached hydrogen (secondary N) is 1. The second-order valence-corrected chi connectivity index (χ2v) is 5.63. The third-order valence-corrected chi connectivity index (χ3v) is 3.94. The summed E-state index contributed by atoms with van der Waals surface area (Å²) in [5.74, 6) is 0. The van der Waals surface area contributed by atoms with Gasteiger partial charge in [-0.2, -0.15) is 0 Å². The summed E-state index contributed by atoms with van der Waals surface area (Å²) in [6, 6.07) is 8.30. The number of hydrogen-bond acceptors (Lipinski definition) is 3. The van der Waals surface area contributed by atoms with Crippen LogP contribution in [0, 0.1) is 0 Å². The molecule has 1 saturated heterocycles. The molecule has 18 heavy (non-hydrogen) atoms. The summed E-state index contributed by atoms with van der Waals surface area (Å²) in [5, 5.41) is 3.46. The second-order valence-electron chi connectivity index (χ2n) is 4.71. The number of ether oxygens (including phenoxy) is 1. The maximum absolute atomic E-state index is 5.38. The van der Waals surface area contributed by atoms with Gasteiger partial charge in [-0.1, -0.05) is 22.0 Å². The van der Waals surface area contributed by atoms with Crippen molar-refractivity contribution in [2.75, 3.05) is 38.6 Å². The van der Waals surface area contributed by atoms with Gasteiger partial charge in [0.2, 0.25) is 0 Å². The van der Waals surface area contributed by atoms with Crippen LogP contribution in [0.25, 0.3) is 0 Å². The van der Waals surface area contributed by atoms with Crippen molar-refractivity contribution in [2.45, 2.75) is 18.9 Å². The zero-order valence-electron chi connectivity index (χ0n) is 10.9. The fourth-order valence-electron chi connectivity index (χ4n) is 2.33. The number of piperidine rings is 1. The normalized spacial score (nSPS) is 17.9. The van der Waals surface area contributed by atoms with E-state index in [9.17, 15) is 0 Å². The van der Waals surface area contributed by atoms with Gasteiger partial charge in [0.05, 0.1) is 6.10 Å². The predicted octanol–water partition coefficient (Wildman–Crippen LogP) is 2.97. The second kappa shape index (κ2) is 7.12. The summed E-state index contributed by atoms with van der Waals surface area (Å²) in [5.41, 5.74) is 1.18. The van der Waals surface area contributed by atoms with Gasteiger partial charge >= 0.3 is 0 Å². The number of halogens is 1. The van der Waals surface area contributed by atoms with E-state index in [2.05, 4.69) is 44.3 Å². The van der Waals surface area contributed by atoms with Crippen molar-refractivity contribution >= 4 is 21.6 Å². The SMILES string of the molecule is COC1CCN(CCNc2cccc(Br)c2)CC1. The van der Waals surface area contributed by atoms with E-state index in [0.717, 1.165) is 43.5 Å². The molecule has 0 radical (unpaired) electrons. The highest BCUT2D eigenvalue weighted by Crippen LogP contribution is 2.16. The van der Waals surface area contributed by atoms with Gasteiger partial charge in [0.1, 0.15) is 0 Å². The van der Waals surface area contributed by atoms with Crippen molar-refractivity contribution in [3.8, 4) is 0 Å². The molecule has 0 amide bonds. The zero-order valence-corrected chi connectivity index (χ0v) is 12.4. The van der Waals surface area contributed by atoms with E-state index in [4.69, 9.17) is 4.74 Å². The maximum atomic E-state index is 5.38. The van der Waals surface area contributed by atoms with E-state index in [-0.39, 0.29) is 0 Å². The van der Waals surface area contributed by atoms with Gasteiger partial charge in [-0.25, -0.2) is 0 Å². The van der Waals surface area contributed by atoms with E-state index in [1.165, 1.54) is 5.69 Å². The van der Waals surface area contributed by atoms with Gasteiger partial charge in [0.15, 0.2) is 0 Å². The summed E-state index contributed by atoms with van der Waals surface area (Å²) in [6.07, 6.45) is 2.79. The van der Waals surface area contributed by atoms with Crippen LogP contribution in [0.15, 0.2) is 28.7 Å². The maximum Gasteiger partial charge on any atom is 0.0595 e. The lowest BCUT2D eigenvalue weighted by Crippen LogP contribution is -2.39. The molecule has 0 saturated carbocycles. The Morgan fingerprint density at radius 2 is 2.17 bits per heavy atom. The Balaban J connectivity index is 1.67. The molecular weight excluding hydrogens is 292 g/mol. The minimum Gasteiger partial charge on any atom is -0.384 e. The van der Waals surface area contributed by atoms with Gasteiger partial charge < -0.3 is 15.0 Å². The smallest absolute Gasteiger partial charge is 0.0595 e. The standard InChI is InChI=1S/C14H21BrN2O/c1-18-14-5-8-17(9-6-14)10-7-16-13-4-2-3-12(15)11-13/h2-4,11,14,16H,5-10H2,1H3. The van der Waals surface area contributed by atoms with Gasteiger partial charge in [0, 0.05) is 43.4 Å². The molecule has 1 N–H and O–H groups in total. The van der Waals surface area contributed by atoms with Crippen molar-refractivity contribution in [2.24, 2.45) is 0 Å². The minimum absolute atomic E-state index is 0.472. The highest BCUT2D eigenvalue weighted by atomic mass is 79.9. The Morgan fingerprint density at radius 1 is 1.39 bits per heavy atom. The van der Waals surface area contributed by atoms with Crippen LogP contribution in [0.4, 0.5) is 5.69 Å². The monoisotopic (exact) mass is 312 g/mol. The number of methoxy groups -OCH3 is 1. The average Bonchev–Trinajstić information content (AvgIpc) is 2.40. The summed E-state index contributed by atoms with van der Waals surface area (Å²) in [6.45, 7) is 4.40. The van der Waals surface area contributed by atoms with Gasteiger partial charge in [-0.05, 0) is 31.0 Å². The molecule has 0 unspecified atom stereocenters. The fraction of sp³-hybridized carbons (Fsp3) is 0.571. The first-order valence-electron chi connectivity index (χ1n) is 6.52. The Bertz CT molecular complexity index is 365. The molecule has 1 aromatic rings. The van der Waals surface area contributed by atoms with Crippen LogP contribution < -0.4 is 5.32 Å². The van der Waals surface area contributed by atoms with Crippen LogP contribution in [0.1, 0.15) is 12.8 Å². The molecule has 0 aromatic heterocycles. The van der Waals surface area contributed by atoms with Crippen LogP contribution in [0.3, 0.4) is 0 Å². The predicted molar refractivity (Wildman–Crippen MR) is 79.1 cm³/mol. The van der Waals surface area contributed by atoms with Crippen LogP contribution in [-0.4, -0.2) is 44.3 Å². The van der Waals surface area contributed by atoms with Crippen molar-refractivity contribution in [1.82, 2.24) is 4.90 Å². The third-order valence-electron chi connectivity index (χ3n) is 3.45. The number of rotatable bonds is 5. The highest BCUT2D eigenvalue weighted by Gasteiger charge is 2.17. The molecule has 3 nitrogen and oxygen atoms in total. The molecule has 0 aliphatic carbocycles. The first-order valence-corrected chi connectivity index (χ1v) is 7.32. The Kier molecular flexibility index (Phi) is 5.47. The van der Waals surface area contributed by atoms with E-state index in [1.54, 1.807) is 0 Å². The van der Waals surface area contributed by atoms with Crippen molar-refractivity contribution < 1.29 is 4.74 Å². The Morgan fingerprint density at radius 3 is 2.83 bits per heavy atom. The first kappa shape index (κ1) is 13.8. The summed E-state index contributed by atoms with van der Waals surface area (Å²) < 4.78 is 6.50. The van der Waals surface area contributed by atoms with Gasteiger partial charge in [-0.15, -0.1) is 0 Å². The van der Waals surface area contributed by atoms with Crippen LogP contribution in [0.2, 0.25) is 0 Å². The Hall–Kier alpha value is -0.580. The van der Waals surface area contributed by atoms with Gasteiger partial charge in [0.25, 0.3) is 0 Å². The molecule has 1 aromatic carbocycles. The third kappa shape index (κ3) is 4.26. The summed E-state index contributed by atoms with van der Waals surface area (Å²) in [7, 11) is 1.81. The number of anilines is 1. The Labute approximate surface area is 118 Å². The lowest BCUT2D eigenvalue weighted by atomic mass is 10.1. The number of nitrogens with zero attached hydrogens (tertiary/aromatic N) is 1. The average molecular weight is 313 g/mol. The van der Waals surface area contributed by atoms with Crippen molar-refractivity contribution in [3.63, 3.8) is 0 Å². The van der Waals surface area contributed by atoms with Crippen LogP contribution >= 0.6 is 15.9 Å². The first-order chi connectivity index (χ1) is 8.78. The quantitative estimate of drug-likeness (QED) is 0.904. The molecule has 2 rings (SSSR count). The van der Waals surface area contributed by atoms with Crippen LogP contribution in [0.5, 0.6) is 0 Å². The molecule has 100 valence electrons. The molecule has 1 aliphatic rings. The van der Waals surface area contributed by atoms with Crippen molar-refractivity contribution in [3.05, 3.63) is 28.7 Å². The lowest BCUT2D eigenvalue weighted by molar-refractivity contribution is 0.0423. The molecule has 1 fully saturated rings. The number of hydrogen-bond donors (Lipinski definition) is 1. The molecule has 4 heteroatoms. The van der Waals surface area contributed by atoms with E-state index >= 15 is 0 Å². The number of benzene rings is 1. The molecule has 0 bridgehead atoms. The van der Waals surface area contributed by atoms with Gasteiger partial charge in [-0.3, -0.25) is 0 Å². The molecule has 1 aliphatic heterocycles. The largest absolute Gasteiger partial charge is 0.384 e. The summed E-state index contributed by atoms with van der Waals surface area (Å²) >= 11 is 3.48. The number of likely N-dealkylation sites (tertiary alicyclic amines) is 1. The van der Waals surface area contributed by atoms with E-state index in [0.29, 0.717) is 6.10 Å². The topological polar surface area (TPSA) is 24.5 Å². The molecular formula is C14H21BrN2O. The fourth-order valence-corrected chi connectivity index (χ4v) is 2.72. The molecule has 0 atom stereocenters. The van der Waals surface area contributed by atoms with E-state index in [1.807, 2.05) is 13.2 Å². The lowest BCUT2D eigenvalue weighted by Gasteiger charge is -2.31. The summed E-state index contributed by atoms with van der Waals surface area (Å²) in [4.78, 5) is 2.50. The van der Waals surface area contributed by atoms with E-state index < -0.39 is 0 Å². The molecule has 0 spiro atoms. The molecule has 1 heterocycles. The zero-order chi connectivity index (χ0) is 12.8.